The minimum atomic E-state index is -0.166. The molecule has 0 saturated carbocycles. The molecule has 0 radical (unpaired) electrons. The molecule has 3 aromatic rings. The van der Waals surface area contributed by atoms with E-state index in [1.54, 1.807) is 24.3 Å². The summed E-state index contributed by atoms with van der Waals surface area (Å²) in [7, 11) is 1.80. The number of hydrogen-bond acceptors (Lipinski definition) is 5. The number of benzene rings is 1. The minimum Gasteiger partial charge on any atom is -0.359 e. The number of aromatic nitrogens is 2. The highest BCUT2D eigenvalue weighted by Crippen LogP contribution is 2.27. The fourth-order valence-electron chi connectivity index (χ4n) is 3.50. The molecule has 1 fully saturated rings. The average molecular weight is 362 g/mol. The molecule has 0 bridgehead atoms. The molecule has 27 heavy (non-hydrogen) atoms. The molecule has 0 spiro atoms. The van der Waals surface area contributed by atoms with E-state index in [2.05, 4.69) is 27.6 Å². The Labute approximate surface area is 158 Å². The number of hydrogen-bond donors (Lipinski definition) is 1. The maximum Gasteiger partial charge on any atom is 0.239 e. The van der Waals surface area contributed by atoms with Crippen molar-refractivity contribution in [2.24, 2.45) is 0 Å². The van der Waals surface area contributed by atoms with Gasteiger partial charge in [-0.15, -0.1) is 0 Å². The summed E-state index contributed by atoms with van der Waals surface area (Å²) < 4.78 is 5.40. The van der Waals surface area contributed by atoms with E-state index in [-0.39, 0.29) is 18.0 Å². The van der Waals surface area contributed by atoms with Crippen LogP contribution >= 0.6 is 0 Å². The van der Waals surface area contributed by atoms with Crippen LogP contribution in [-0.2, 0) is 11.3 Å². The summed E-state index contributed by atoms with van der Waals surface area (Å²) in [4.78, 5) is 18.6. The van der Waals surface area contributed by atoms with E-state index < -0.39 is 0 Å². The average Bonchev–Trinajstić information content (AvgIpc) is 3.39. The van der Waals surface area contributed by atoms with Crippen LogP contribution in [0.15, 0.2) is 65.4 Å². The van der Waals surface area contributed by atoms with Gasteiger partial charge in [0.2, 0.25) is 5.91 Å². The summed E-state index contributed by atoms with van der Waals surface area (Å²) in [6, 6.07) is 16.0. The van der Waals surface area contributed by atoms with Gasteiger partial charge in [0.15, 0.2) is 5.76 Å². The van der Waals surface area contributed by atoms with Gasteiger partial charge in [0.25, 0.3) is 0 Å². The van der Waals surface area contributed by atoms with E-state index in [9.17, 15) is 4.79 Å². The van der Waals surface area contributed by atoms with Crippen LogP contribution in [0.3, 0.4) is 0 Å². The number of carbonyl (C=O) groups is 1. The number of pyridine rings is 1. The summed E-state index contributed by atoms with van der Waals surface area (Å²) >= 11 is 0. The summed E-state index contributed by atoms with van der Waals surface area (Å²) in [5.41, 5.74) is 2.85. The summed E-state index contributed by atoms with van der Waals surface area (Å²) in [6.45, 7) is 0.389. The van der Waals surface area contributed by atoms with Crippen molar-refractivity contribution >= 4 is 5.91 Å². The topological polar surface area (TPSA) is 71.3 Å². The van der Waals surface area contributed by atoms with Gasteiger partial charge in [0.05, 0.1) is 12.6 Å². The van der Waals surface area contributed by atoms with Gasteiger partial charge in [-0.25, -0.2) is 0 Å². The highest BCUT2D eigenvalue weighted by atomic mass is 16.5. The lowest BCUT2D eigenvalue weighted by atomic mass is 10.1. The van der Waals surface area contributed by atoms with Crippen LogP contribution < -0.4 is 5.32 Å². The smallest absolute Gasteiger partial charge is 0.239 e. The molecular formula is C21H22N4O2. The Morgan fingerprint density at radius 3 is 2.85 bits per heavy atom. The zero-order chi connectivity index (χ0) is 18.6. The SMILES string of the molecule is CN(Cc1cc(-c2cccnc2)no1)C(=O)[C@H]1CC[C@H](c2ccccc2)N1. The Morgan fingerprint density at radius 1 is 1.22 bits per heavy atom. The van der Waals surface area contributed by atoms with Gasteiger partial charge in [-0.1, -0.05) is 35.5 Å². The summed E-state index contributed by atoms with van der Waals surface area (Å²) in [5, 5.41) is 7.54. The van der Waals surface area contributed by atoms with E-state index in [0.717, 1.165) is 24.1 Å². The number of carbonyl (C=O) groups excluding carboxylic acids is 1. The van der Waals surface area contributed by atoms with Crippen LogP contribution in [0.1, 0.15) is 30.2 Å². The Kier molecular flexibility index (Phi) is 4.98. The molecule has 0 aliphatic carbocycles. The van der Waals surface area contributed by atoms with Gasteiger partial charge in [-0.05, 0) is 30.5 Å². The molecule has 1 saturated heterocycles. The molecule has 1 amide bonds. The first kappa shape index (κ1) is 17.4. The maximum absolute atomic E-state index is 12.8. The monoisotopic (exact) mass is 362 g/mol. The Balaban J connectivity index is 1.37. The lowest BCUT2D eigenvalue weighted by Crippen LogP contribution is -2.41. The minimum absolute atomic E-state index is 0.0766. The Hall–Kier alpha value is -2.99. The molecule has 138 valence electrons. The summed E-state index contributed by atoms with van der Waals surface area (Å²) in [5.74, 6) is 0.732. The zero-order valence-electron chi connectivity index (χ0n) is 15.2. The predicted molar refractivity (Wildman–Crippen MR) is 102 cm³/mol. The molecule has 2 atom stereocenters. The van der Waals surface area contributed by atoms with Crippen LogP contribution in [0.2, 0.25) is 0 Å². The molecule has 3 heterocycles. The molecular weight excluding hydrogens is 340 g/mol. The Morgan fingerprint density at radius 2 is 2.07 bits per heavy atom. The number of nitrogens with one attached hydrogen (secondary N) is 1. The first-order valence-electron chi connectivity index (χ1n) is 9.12. The highest BCUT2D eigenvalue weighted by Gasteiger charge is 2.31. The van der Waals surface area contributed by atoms with Crippen molar-refractivity contribution < 1.29 is 9.32 Å². The third-order valence-corrected chi connectivity index (χ3v) is 4.93. The van der Waals surface area contributed by atoms with Crippen molar-refractivity contribution in [1.82, 2.24) is 20.4 Å². The third kappa shape index (κ3) is 3.90. The third-order valence-electron chi connectivity index (χ3n) is 4.93. The fraction of sp³-hybridized carbons (Fsp3) is 0.286. The largest absolute Gasteiger partial charge is 0.359 e. The highest BCUT2D eigenvalue weighted by molar-refractivity contribution is 5.82. The van der Waals surface area contributed by atoms with Crippen molar-refractivity contribution in [2.75, 3.05) is 7.05 Å². The van der Waals surface area contributed by atoms with Gasteiger partial charge in [0.1, 0.15) is 5.69 Å². The molecule has 1 aliphatic rings. The van der Waals surface area contributed by atoms with E-state index in [1.165, 1.54) is 5.56 Å². The van der Waals surface area contributed by atoms with Crippen LogP contribution in [-0.4, -0.2) is 34.0 Å². The van der Waals surface area contributed by atoms with Gasteiger partial charge in [-0.3, -0.25) is 15.1 Å². The molecule has 1 aromatic carbocycles. The van der Waals surface area contributed by atoms with Crippen LogP contribution in [0.5, 0.6) is 0 Å². The molecule has 0 unspecified atom stereocenters. The molecule has 2 aromatic heterocycles. The lowest BCUT2D eigenvalue weighted by molar-refractivity contribution is -0.132. The molecule has 6 nitrogen and oxygen atoms in total. The first-order valence-corrected chi connectivity index (χ1v) is 9.12. The van der Waals surface area contributed by atoms with E-state index in [1.807, 2.05) is 36.4 Å². The van der Waals surface area contributed by atoms with E-state index >= 15 is 0 Å². The molecule has 1 aliphatic heterocycles. The van der Waals surface area contributed by atoms with Gasteiger partial charge >= 0.3 is 0 Å². The van der Waals surface area contributed by atoms with Crippen molar-refractivity contribution in [2.45, 2.75) is 31.5 Å². The number of rotatable bonds is 5. The van der Waals surface area contributed by atoms with Crippen molar-refractivity contribution in [3.05, 3.63) is 72.2 Å². The number of likely N-dealkylation sites (N-methyl/N-ethyl adjacent to an activating group) is 1. The molecule has 6 heteroatoms. The first-order chi connectivity index (χ1) is 13.2. The standard InChI is InChI=1S/C21H22N4O2/c1-25(14-17-12-20(24-27-17)16-8-5-11-22-13-16)21(26)19-10-9-18(23-19)15-6-3-2-4-7-15/h2-8,11-13,18-19,23H,9-10,14H2,1H3/t18-,19-/m1/s1. The lowest BCUT2D eigenvalue weighted by Gasteiger charge is -2.21. The van der Waals surface area contributed by atoms with Gasteiger partial charge in [0, 0.05) is 37.1 Å². The van der Waals surface area contributed by atoms with Crippen LogP contribution in [0, 0.1) is 0 Å². The van der Waals surface area contributed by atoms with Crippen LogP contribution in [0.4, 0.5) is 0 Å². The van der Waals surface area contributed by atoms with Gasteiger partial charge in [-0.2, -0.15) is 0 Å². The van der Waals surface area contributed by atoms with Crippen molar-refractivity contribution in [3.8, 4) is 11.3 Å². The molecule has 1 N–H and O–H groups in total. The van der Waals surface area contributed by atoms with Crippen molar-refractivity contribution in [3.63, 3.8) is 0 Å². The summed E-state index contributed by atoms with van der Waals surface area (Å²) in [6.07, 6.45) is 5.25. The van der Waals surface area contributed by atoms with Crippen molar-refractivity contribution in [1.29, 1.82) is 0 Å². The second kappa shape index (κ2) is 7.72. The number of nitrogens with zero attached hydrogens (tertiary/aromatic N) is 3. The second-order valence-electron chi connectivity index (χ2n) is 6.87. The normalized spacial score (nSPS) is 19.1. The second-order valence-corrected chi connectivity index (χ2v) is 6.87. The quantitative estimate of drug-likeness (QED) is 0.755. The Bertz CT molecular complexity index is 895. The number of amides is 1. The molecule has 4 rings (SSSR count). The fourth-order valence-corrected chi connectivity index (χ4v) is 3.50. The van der Waals surface area contributed by atoms with E-state index in [4.69, 9.17) is 4.52 Å². The predicted octanol–water partition coefficient (Wildman–Crippen LogP) is 3.19. The maximum atomic E-state index is 12.8. The zero-order valence-corrected chi connectivity index (χ0v) is 15.2. The van der Waals surface area contributed by atoms with Crippen LogP contribution in [0.25, 0.3) is 11.3 Å². The van der Waals surface area contributed by atoms with Gasteiger partial charge < -0.3 is 9.42 Å². The van der Waals surface area contributed by atoms with E-state index in [0.29, 0.717) is 12.3 Å².